The third-order valence-corrected chi connectivity index (χ3v) is 5.05. The molecule has 0 aromatic heterocycles. The summed E-state index contributed by atoms with van der Waals surface area (Å²) in [6, 6.07) is 5.43. The van der Waals surface area contributed by atoms with Crippen LogP contribution in [-0.4, -0.2) is 27.3 Å². The minimum absolute atomic E-state index is 0.0593. The number of amides is 1. The van der Waals surface area contributed by atoms with Crippen molar-refractivity contribution in [3.63, 3.8) is 0 Å². The number of nitro benzene ring substituents is 1. The average molecular weight is 336 g/mol. The van der Waals surface area contributed by atoms with Crippen LogP contribution in [0.4, 0.5) is 5.69 Å². The molecule has 1 N–H and O–H groups in total. The number of carbonyl (C=O) groups is 1. The first-order chi connectivity index (χ1) is 11.1. The molecule has 1 aliphatic carbocycles. The molecule has 6 nitrogen and oxygen atoms in total. The average Bonchev–Trinajstić information content (AvgIpc) is 2.56. The van der Waals surface area contributed by atoms with Crippen LogP contribution in [0.2, 0.25) is 0 Å². The number of hydrogen-bond donors (Lipinski definition) is 1. The van der Waals surface area contributed by atoms with Crippen LogP contribution in [0.1, 0.15) is 32.1 Å². The summed E-state index contributed by atoms with van der Waals surface area (Å²) in [5.41, 5.74) is 1.32. The molecule has 0 heterocycles. The number of hydrogen-bond acceptors (Lipinski definition) is 4. The van der Waals surface area contributed by atoms with Gasteiger partial charge in [-0.15, -0.1) is 0 Å². The van der Waals surface area contributed by atoms with Gasteiger partial charge >= 0.3 is 0 Å². The van der Waals surface area contributed by atoms with Crippen molar-refractivity contribution in [1.29, 1.82) is 0 Å². The second kappa shape index (κ2) is 8.57. The minimum Gasteiger partial charge on any atom is -0.355 e. The molecule has 1 aromatic rings. The summed E-state index contributed by atoms with van der Waals surface area (Å²) in [7, 11) is -1.49. The van der Waals surface area contributed by atoms with Gasteiger partial charge in [0.25, 0.3) is 5.69 Å². The molecule has 0 radical (unpaired) electrons. The van der Waals surface area contributed by atoms with Gasteiger partial charge < -0.3 is 5.32 Å². The molecule has 0 bridgehead atoms. The third-order valence-electron chi connectivity index (χ3n) is 3.73. The Balaban J connectivity index is 1.76. The molecular weight excluding hydrogens is 316 g/mol. The molecule has 124 valence electrons. The number of nitrogens with one attached hydrogen (secondary N) is 1. The molecule has 0 saturated heterocycles. The lowest BCUT2D eigenvalue weighted by Gasteiger charge is -2.12. The van der Waals surface area contributed by atoms with E-state index in [0.29, 0.717) is 11.4 Å². The van der Waals surface area contributed by atoms with Crippen molar-refractivity contribution in [3.05, 3.63) is 46.0 Å². The van der Waals surface area contributed by atoms with Gasteiger partial charge in [-0.3, -0.25) is 19.1 Å². The smallest absolute Gasteiger partial charge is 0.269 e. The Morgan fingerprint density at radius 1 is 1.26 bits per heavy atom. The number of non-ortho nitro benzene ring substituents is 1. The van der Waals surface area contributed by atoms with E-state index in [1.165, 1.54) is 42.7 Å². The molecule has 2 rings (SSSR count). The lowest BCUT2D eigenvalue weighted by atomic mass is 9.97. The summed E-state index contributed by atoms with van der Waals surface area (Å²) in [5.74, 6) is -0.394. The fourth-order valence-electron chi connectivity index (χ4n) is 2.47. The highest BCUT2D eigenvalue weighted by atomic mass is 32.2. The van der Waals surface area contributed by atoms with E-state index in [1.54, 1.807) is 0 Å². The molecule has 1 atom stereocenters. The molecule has 0 aliphatic heterocycles. The van der Waals surface area contributed by atoms with Crippen molar-refractivity contribution in [2.45, 2.75) is 37.0 Å². The van der Waals surface area contributed by atoms with Crippen molar-refractivity contribution >= 4 is 22.4 Å². The Kier molecular flexibility index (Phi) is 6.46. The van der Waals surface area contributed by atoms with Crippen LogP contribution in [-0.2, 0) is 15.6 Å². The fourth-order valence-corrected chi connectivity index (χ4v) is 3.41. The van der Waals surface area contributed by atoms with Crippen molar-refractivity contribution in [1.82, 2.24) is 5.32 Å². The number of benzene rings is 1. The SMILES string of the molecule is O=C(C[S@](=O)c1ccc([N+](=O)[O-])cc1)NCCC1=CCCCC1. The highest BCUT2D eigenvalue weighted by Crippen LogP contribution is 2.19. The summed E-state index contributed by atoms with van der Waals surface area (Å²) in [5, 5.41) is 13.3. The molecule has 7 heteroatoms. The number of carbonyl (C=O) groups excluding carboxylic acids is 1. The van der Waals surface area contributed by atoms with Gasteiger partial charge in [-0.1, -0.05) is 11.6 Å². The third kappa shape index (κ3) is 5.59. The summed E-state index contributed by atoms with van der Waals surface area (Å²) in [6.07, 6.45) is 7.76. The highest BCUT2D eigenvalue weighted by molar-refractivity contribution is 7.85. The van der Waals surface area contributed by atoms with E-state index >= 15 is 0 Å². The Morgan fingerprint density at radius 3 is 2.61 bits per heavy atom. The minimum atomic E-state index is -1.49. The highest BCUT2D eigenvalue weighted by Gasteiger charge is 2.12. The molecule has 0 saturated carbocycles. The molecule has 1 amide bonds. The van der Waals surface area contributed by atoms with Gasteiger partial charge in [0.1, 0.15) is 5.75 Å². The maximum Gasteiger partial charge on any atom is 0.269 e. The Labute approximate surface area is 137 Å². The van der Waals surface area contributed by atoms with E-state index in [0.717, 1.165) is 19.3 Å². The zero-order chi connectivity index (χ0) is 16.7. The second-order valence-electron chi connectivity index (χ2n) is 5.45. The van der Waals surface area contributed by atoms with Crippen molar-refractivity contribution in [2.75, 3.05) is 12.3 Å². The van der Waals surface area contributed by atoms with E-state index < -0.39 is 15.7 Å². The normalized spacial score (nSPS) is 15.6. The van der Waals surface area contributed by atoms with Gasteiger partial charge in [0.05, 0.1) is 15.7 Å². The van der Waals surface area contributed by atoms with E-state index in [2.05, 4.69) is 11.4 Å². The van der Waals surface area contributed by atoms with Crippen LogP contribution in [0.5, 0.6) is 0 Å². The first kappa shape index (κ1) is 17.3. The fraction of sp³-hybridized carbons (Fsp3) is 0.438. The number of allylic oxidation sites excluding steroid dienone is 1. The van der Waals surface area contributed by atoms with E-state index in [-0.39, 0.29) is 17.3 Å². The Bertz CT molecular complexity index is 625. The summed E-state index contributed by atoms with van der Waals surface area (Å²) < 4.78 is 12.1. The van der Waals surface area contributed by atoms with Gasteiger partial charge in [0.15, 0.2) is 0 Å². The molecular formula is C16H20N2O4S. The summed E-state index contributed by atoms with van der Waals surface area (Å²) in [4.78, 5) is 22.3. The van der Waals surface area contributed by atoms with Crippen LogP contribution < -0.4 is 5.32 Å². The molecule has 0 unspecified atom stereocenters. The van der Waals surface area contributed by atoms with Crippen LogP contribution >= 0.6 is 0 Å². The first-order valence-electron chi connectivity index (χ1n) is 7.63. The lowest BCUT2D eigenvalue weighted by Crippen LogP contribution is -2.29. The quantitative estimate of drug-likeness (QED) is 0.471. The van der Waals surface area contributed by atoms with Crippen molar-refractivity contribution in [2.24, 2.45) is 0 Å². The summed E-state index contributed by atoms with van der Waals surface area (Å²) in [6.45, 7) is 0.558. The lowest BCUT2D eigenvalue weighted by molar-refractivity contribution is -0.384. The predicted octanol–water partition coefficient (Wildman–Crippen LogP) is 2.71. The number of rotatable bonds is 7. The van der Waals surface area contributed by atoms with E-state index in [4.69, 9.17) is 0 Å². The maximum absolute atomic E-state index is 12.1. The topological polar surface area (TPSA) is 89.3 Å². The Hall–Kier alpha value is -2.02. The summed E-state index contributed by atoms with van der Waals surface area (Å²) >= 11 is 0. The van der Waals surface area contributed by atoms with Crippen molar-refractivity contribution in [3.8, 4) is 0 Å². The second-order valence-corrected chi connectivity index (χ2v) is 6.90. The van der Waals surface area contributed by atoms with Gasteiger partial charge in [-0.2, -0.15) is 0 Å². The van der Waals surface area contributed by atoms with Gasteiger partial charge in [-0.25, -0.2) is 0 Å². The number of nitrogens with zero attached hydrogens (tertiary/aromatic N) is 1. The standard InChI is InChI=1S/C16H20N2O4S/c19-16(17-11-10-13-4-2-1-3-5-13)12-23(22)15-8-6-14(7-9-15)18(20)21/h4,6-9H,1-3,5,10-12H2,(H,17,19)/t23-/m0/s1. The molecule has 0 fully saturated rings. The van der Waals surface area contributed by atoms with E-state index in [1.807, 2.05) is 0 Å². The number of nitro groups is 1. The molecule has 0 spiro atoms. The zero-order valence-corrected chi connectivity index (χ0v) is 13.6. The van der Waals surface area contributed by atoms with Crippen LogP contribution in [0, 0.1) is 10.1 Å². The van der Waals surface area contributed by atoms with Gasteiger partial charge in [-0.05, 0) is 44.2 Å². The van der Waals surface area contributed by atoms with Gasteiger partial charge in [0.2, 0.25) is 5.91 Å². The molecule has 23 heavy (non-hydrogen) atoms. The predicted molar refractivity (Wildman–Crippen MR) is 88.5 cm³/mol. The molecule has 1 aliphatic rings. The Morgan fingerprint density at radius 2 is 2.00 bits per heavy atom. The van der Waals surface area contributed by atoms with Crippen LogP contribution in [0.15, 0.2) is 40.8 Å². The largest absolute Gasteiger partial charge is 0.355 e. The molecule has 1 aromatic carbocycles. The monoisotopic (exact) mass is 336 g/mol. The van der Waals surface area contributed by atoms with E-state index in [9.17, 15) is 19.1 Å². The van der Waals surface area contributed by atoms with Crippen LogP contribution in [0.3, 0.4) is 0 Å². The maximum atomic E-state index is 12.1. The van der Waals surface area contributed by atoms with Gasteiger partial charge in [0, 0.05) is 23.6 Å². The van der Waals surface area contributed by atoms with Crippen molar-refractivity contribution < 1.29 is 13.9 Å². The zero-order valence-electron chi connectivity index (χ0n) is 12.8. The van der Waals surface area contributed by atoms with Crippen LogP contribution in [0.25, 0.3) is 0 Å². The first-order valence-corrected chi connectivity index (χ1v) is 8.95.